The number of hydrogen-bond donors (Lipinski definition) is 1. The lowest BCUT2D eigenvalue weighted by Crippen LogP contribution is -2.40. The first-order chi connectivity index (χ1) is 9.22. The number of anilines is 1. The van der Waals surface area contributed by atoms with Gasteiger partial charge in [-0.05, 0) is 43.7 Å². The van der Waals surface area contributed by atoms with Crippen molar-refractivity contribution in [3.8, 4) is 0 Å². The summed E-state index contributed by atoms with van der Waals surface area (Å²) >= 11 is 0. The molecule has 4 heteroatoms. The molecule has 2 atom stereocenters. The molecule has 4 nitrogen and oxygen atoms in total. The third-order valence-corrected chi connectivity index (χ3v) is 4.46. The number of amides is 1. The highest BCUT2D eigenvalue weighted by Gasteiger charge is 2.34. The maximum Gasteiger partial charge on any atom is 0.226 e. The molecule has 0 saturated carbocycles. The fraction of sp³-hybridized carbons (Fsp3) is 0.600. The van der Waals surface area contributed by atoms with Crippen LogP contribution in [-0.2, 0) is 4.79 Å². The molecular weight excluding hydrogens is 238 g/mol. The Morgan fingerprint density at radius 1 is 1.32 bits per heavy atom. The van der Waals surface area contributed by atoms with Crippen LogP contribution in [0.4, 0.5) is 5.69 Å². The largest absolute Gasteiger partial charge is 0.315 e. The zero-order valence-corrected chi connectivity index (χ0v) is 11.4. The van der Waals surface area contributed by atoms with Gasteiger partial charge in [0.15, 0.2) is 0 Å². The molecule has 0 spiro atoms. The zero-order valence-electron chi connectivity index (χ0n) is 11.4. The number of carbonyl (C=O) groups excluding carboxylic acids is 1. The number of fused-ring (bicyclic) bond motifs is 2. The maximum atomic E-state index is 12.3. The second-order valence-electron chi connectivity index (χ2n) is 5.84. The van der Waals surface area contributed by atoms with Gasteiger partial charge in [-0.25, -0.2) is 0 Å². The van der Waals surface area contributed by atoms with Crippen molar-refractivity contribution in [2.45, 2.75) is 44.2 Å². The lowest BCUT2D eigenvalue weighted by Gasteiger charge is -2.29. The second-order valence-corrected chi connectivity index (χ2v) is 5.84. The molecule has 1 aromatic rings. The monoisotopic (exact) mass is 259 g/mol. The van der Waals surface area contributed by atoms with E-state index in [1.807, 2.05) is 19.2 Å². The SMILES string of the molecule is CN(C(=O)CC1CC2CCC(C1)N2)c1ccncc1. The van der Waals surface area contributed by atoms with Crippen LogP contribution < -0.4 is 10.2 Å². The summed E-state index contributed by atoms with van der Waals surface area (Å²) in [6, 6.07) is 5.07. The number of hydrogen-bond acceptors (Lipinski definition) is 3. The van der Waals surface area contributed by atoms with Crippen molar-refractivity contribution >= 4 is 11.6 Å². The lowest BCUT2D eigenvalue weighted by molar-refractivity contribution is -0.119. The Morgan fingerprint density at radius 2 is 1.95 bits per heavy atom. The van der Waals surface area contributed by atoms with Gasteiger partial charge in [0, 0.05) is 43.6 Å². The van der Waals surface area contributed by atoms with E-state index in [1.165, 1.54) is 12.8 Å². The molecule has 102 valence electrons. The number of pyridine rings is 1. The summed E-state index contributed by atoms with van der Waals surface area (Å²) in [5.41, 5.74) is 0.928. The minimum atomic E-state index is 0.220. The third-order valence-electron chi connectivity index (χ3n) is 4.46. The van der Waals surface area contributed by atoms with Crippen molar-refractivity contribution in [2.24, 2.45) is 5.92 Å². The van der Waals surface area contributed by atoms with Crippen LogP contribution in [-0.4, -0.2) is 30.0 Å². The molecule has 2 bridgehead atoms. The van der Waals surface area contributed by atoms with E-state index in [0.717, 1.165) is 18.5 Å². The smallest absolute Gasteiger partial charge is 0.226 e. The molecule has 1 amide bonds. The van der Waals surface area contributed by atoms with Crippen molar-refractivity contribution < 1.29 is 4.79 Å². The van der Waals surface area contributed by atoms with Crippen molar-refractivity contribution in [1.82, 2.24) is 10.3 Å². The second kappa shape index (κ2) is 5.29. The highest BCUT2D eigenvalue weighted by molar-refractivity contribution is 5.92. The van der Waals surface area contributed by atoms with Crippen molar-refractivity contribution in [2.75, 3.05) is 11.9 Å². The Bertz CT molecular complexity index is 436. The fourth-order valence-electron chi connectivity index (χ4n) is 3.44. The van der Waals surface area contributed by atoms with Crippen LogP contribution in [0.15, 0.2) is 24.5 Å². The summed E-state index contributed by atoms with van der Waals surface area (Å²) < 4.78 is 0. The van der Waals surface area contributed by atoms with Gasteiger partial charge in [0.25, 0.3) is 0 Å². The molecular formula is C15H21N3O. The van der Waals surface area contributed by atoms with E-state index in [1.54, 1.807) is 17.3 Å². The van der Waals surface area contributed by atoms with Gasteiger partial charge >= 0.3 is 0 Å². The summed E-state index contributed by atoms with van der Waals surface area (Å²) in [6.07, 6.45) is 9.02. The van der Waals surface area contributed by atoms with E-state index >= 15 is 0 Å². The normalized spacial score (nSPS) is 29.2. The van der Waals surface area contributed by atoms with Gasteiger partial charge in [0.1, 0.15) is 0 Å². The van der Waals surface area contributed by atoms with Gasteiger partial charge in [0.2, 0.25) is 5.91 Å². The zero-order chi connectivity index (χ0) is 13.2. The predicted molar refractivity (Wildman–Crippen MR) is 74.9 cm³/mol. The molecule has 2 saturated heterocycles. The summed E-state index contributed by atoms with van der Waals surface area (Å²) in [5.74, 6) is 0.771. The Kier molecular flexibility index (Phi) is 3.51. The van der Waals surface area contributed by atoms with Crippen LogP contribution in [0.3, 0.4) is 0 Å². The first kappa shape index (κ1) is 12.6. The van der Waals surface area contributed by atoms with Crippen molar-refractivity contribution in [3.63, 3.8) is 0 Å². The van der Waals surface area contributed by atoms with Gasteiger partial charge in [-0.3, -0.25) is 9.78 Å². The van der Waals surface area contributed by atoms with E-state index in [-0.39, 0.29) is 5.91 Å². The minimum Gasteiger partial charge on any atom is -0.315 e. The number of nitrogens with one attached hydrogen (secondary N) is 1. The Balaban J connectivity index is 1.59. The molecule has 19 heavy (non-hydrogen) atoms. The van der Waals surface area contributed by atoms with Gasteiger partial charge in [-0.15, -0.1) is 0 Å². The molecule has 0 aliphatic carbocycles. The van der Waals surface area contributed by atoms with Gasteiger partial charge in [-0.2, -0.15) is 0 Å². The van der Waals surface area contributed by atoms with Gasteiger partial charge in [0.05, 0.1) is 0 Å². The molecule has 0 radical (unpaired) electrons. The van der Waals surface area contributed by atoms with Crippen LogP contribution in [0.2, 0.25) is 0 Å². The Morgan fingerprint density at radius 3 is 2.58 bits per heavy atom. The Labute approximate surface area is 114 Å². The van der Waals surface area contributed by atoms with E-state index in [2.05, 4.69) is 10.3 Å². The molecule has 1 aromatic heterocycles. The summed E-state index contributed by atoms with van der Waals surface area (Å²) in [4.78, 5) is 18.1. The molecule has 2 unspecified atom stereocenters. The standard InChI is InChI=1S/C15H21N3O/c1-18(14-4-6-16-7-5-14)15(19)10-11-8-12-2-3-13(9-11)17-12/h4-7,11-13,17H,2-3,8-10H2,1H3. The molecule has 3 heterocycles. The first-order valence-corrected chi connectivity index (χ1v) is 7.15. The fourth-order valence-corrected chi connectivity index (χ4v) is 3.44. The Hall–Kier alpha value is -1.42. The summed E-state index contributed by atoms with van der Waals surface area (Å²) in [5, 5.41) is 3.62. The number of piperidine rings is 1. The first-order valence-electron chi connectivity index (χ1n) is 7.15. The number of rotatable bonds is 3. The predicted octanol–water partition coefficient (Wildman–Crippen LogP) is 1.97. The molecule has 2 aliphatic rings. The maximum absolute atomic E-state index is 12.3. The highest BCUT2D eigenvalue weighted by Crippen LogP contribution is 2.33. The van der Waals surface area contributed by atoms with Gasteiger partial charge in [-0.1, -0.05) is 0 Å². The minimum absolute atomic E-state index is 0.220. The third kappa shape index (κ3) is 2.78. The van der Waals surface area contributed by atoms with E-state index < -0.39 is 0 Å². The molecule has 3 rings (SSSR count). The average molecular weight is 259 g/mol. The molecule has 1 N–H and O–H groups in total. The quantitative estimate of drug-likeness (QED) is 0.902. The van der Waals surface area contributed by atoms with Crippen LogP contribution in [0.25, 0.3) is 0 Å². The molecule has 2 fully saturated rings. The van der Waals surface area contributed by atoms with Crippen molar-refractivity contribution in [3.05, 3.63) is 24.5 Å². The summed E-state index contributed by atoms with van der Waals surface area (Å²) in [6.45, 7) is 0. The number of aromatic nitrogens is 1. The summed E-state index contributed by atoms with van der Waals surface area (Å²) in [7, 11) is 1.85. The van der Waals surface area contributed by atoms with E-state index in [4.69, 9.17) is 0 Å². The average Bonchev–Trinajstić information content (AvgIpc) is 2.78. The topological polar surface area (TPSA) is 45.2 Å². The van der Waals surface area contributed by atoms with Crippen molar-refractivity contribution in [1.29, 1.82) is 0 Å². The van der Waals surface area contributed by atoms with E-state index in [9.17, 15) is 4.79 Å². The van der Waals surface area contributed by atoms with Gasteiger partial charge < -0.3 is 10.2 Å². The number of carbonyl (C=O) groups is 1. The lowest BCUT2D eigenvalue weighted by atomic mass is 9.89. The molecule has 0 aromatic carbocycles. The van der Waals surface area contributed by atoms with Crippen LogP contribution in [0.5, 0.6) is 0 Å². The van der Waals surface area contributed by atoms with Crippen LogP contribution in [0, 0.1) is 5.92 Å². The van der Waals surface area contributed by atoms with Crippen LogP contribution in [0.1, 0.15) is 32.1 Å². The van der Waals surface area contributed by atoms with E-state index in [0.29, 0.717) is 24.4 Å². The molecule has 2 aliphatic heterocycles. The highest BCUT2D eigenvalue weighted by atomic mass is 16.2. The van der Waals surface area contributed by atoms with Crippen LogP contribution >= 0.6 is 0 Å². The number of nitrogens with zero attached hydrogens (tertiary/aromatic N) is 2.